The topological polar surface area (TPSA) is 68.5 Å². The number of nitrogens with one attached hydrogen (secondary N) is 1. The number of carbonyl (C=O) groups is 2. The molecule has 110 valence electrons. The predicted molar refractivity (Wildman–Crippen MR) is 84.2 cm³/mol. The molecule has 0 radical (unpaired) electrons. The highest BCUT2D eigenvalue weighted by Gasteiger charge is 2.14. The van der Waals surface area contributed by atoms with E-state index < -0.39 is 11.9 Å². The van der Waals surface area contributed by atoms with Gasteiger partial charge in [-0.05, 0) is 58.7 Å². The summed E-state index contributed by atoms with van der Waals surface area (Å²) in [5.74, 6) is -1.07. The van der Waals surface area contributed by atoms with Gasteiger partial charge in [0, 0.05) is 10.2 Å². The summed E-state index contributed by atoms with van der Waals surface area (Å²) in [7, 11) is 0. The first-order chi connectivity index (χ1) is 9.95. The molecule has 0 bridgehead atoms. The van der Waals surface area contributed by atoms with Crippen molar-refractivity contribution >= 4 is 49.4 Å². The molecule has 0 fully saturated rings. The summed E-state index contributed by atoms with van der Waals surface area (Å²) in [5.41, 5.74) is 1.57. The van der Waals surface area contributed by atoms with E-state index in [0.717, 1.165) is 10.0 Å². The average Bonchev–Trinajstić information content (AvgIpc) is 2.86. The Morgan fingerprint density at radius 3 is 2.62 bits per heavy atom. The lowest BCUT2D eigenvalue weighted by atomic mass is 10.2. The van der Waals surface area contributed by atoms with Crippen LogP contribution in [0.4, 0.5) is 5.69 Å². The second-order valence-electron chi connectivity index (χ2n) is 4.19. The van der Waals surface area contributed by atoms with Crippen molar-refractivity contribution in [2.75, 3.05) is 11.9 Å². The molecule has 1 aromatic heterocycles. The molecule has 2 aromatic rings. The van der Waals surface area contributed by atoms with Crippen LogP contribution >= 0.6 is 31.9 Å². The fraction of sp³-hybridized carbons (Fsp3) is 0.143. The number of amides is 1. The van der Waals surface area contributed by atoms with Gasteiger partial charge in [-0.1, -0.05) is 15.9 Å². The third-order valence-corrected chi connectivity index (χ3v) is 3.49. The third kappa shape index (κ3) is 4.44. The first-order valence-corrected chi connectivity index (χ1v) is 7.53. The molecule has 0 aliphatic carbocycles. The zero-order valence-electron chi connectivity index (χ0n) is 11.0. The van der Waals surface area contributed by atoms with Crippen molar-refractivity contribution in [1.82, 2.24) is 0 Å². The summed E-state index contributed by atoms with van der Waals surface area (Å²) in [6.07, 6.45) is 0. The number of hydrogen-bond donors (Lipinski definition) is 1. The fourth-order valence-corrected chi connectivity index (χ4v) is 2.36. The van der Waals surface area contributed by atoms with Gasteiger partial charge in [-0.25, -0.2) is 4.79 Å². The van der Waals surface area contributed by atoms with E-state index in [9.17, 15) is 9.59 Å². The monoisotopic (exact) mass is 415 g/mol. The van der Waals surface area contributed by atoms with E-state index in [0.29, 0.717) is 10.4 Å². The van der Waals surface area contributed by atoms with Crippen LogP contribution in [0.25, 0.3) is 0 Å². The van der Waals surface area contributed by atoms with E-state index >= 15 is 0 Å². The number of aryl methyl sites for hydroxylation is 1. The van der Waals surface area contributed by atoms with Gasteiger partial charge in [0.2, 0.25) is 5.76 Å². The van der Waals surface area contributed by atoms with Crippen LogP contribution in [-0.2, 0) is 9.53 Å². The highest BCUT2D eigenvalue weighted by molar-refractivity contribution is 9.10. The van der Waals surface area contributed by atoms with Crippen LogP contribution in [0.3, 0.4) is 0 Å². The second-order valence-corrected chi connectivity index (χ2v) is 5.88. The summed E-state index contributed by atoms with van der Waals surface area (Å²) in [5, 5.41) is 2.67. The summed E-state index contributed by atoms with van der Waals surface area (Å²) >= 11 is 6.42. The molecule has 0 aliphatic rings. The largest absolute Gasteiger partial charge is 0.450 e. The molecule has 2 rings (SSSR count). The maximum absolute atomic E-state index is 11.8. The molecule has 1 aromatic carbocycles. The molecular formula is C14H11Br2NO4. The van der Waals surface area contributed by atoms with Crippen LogP contribution in [0.2, 0.25) is 0 Å². The van der Waals surface area contributed by atoms with Crippen molar-refractivity contribution in [3.8, 4) is 0 Å². The molecule has 1 heterocycles. The molecule has 1 N–H and O–H groups in total. The zero-order valence-corrected chi connectivity index (χ0v) is 14.2. The molecule has 7 heteroatoms. The Morgan fingerprint density at radius 1 is 1.24 bits per heavy atom. The molecule has 0 unspecified atom stereocenters. The van der Waals surface area contributed by atoms with Crippen molar-refractivity contribution in [3.63, 3.8) is 0 Å². The number of benzene rings is 1. The number of anilines is 1. The van der Waals surface area contributed by atoms with Crippen LogP contribution in [0.15, 0.2) is 43.9 Å². The lowest BCUT2D eigenvalue weighted by molar-refractivity contribution is -0.119. The third-order valence-electron chi connectivity index (χ3n) is 2.57. The minimum Gasteiger partial charge on any atom is -0.450 e. The highest BCUT2D eigenvalue weighted by Crippen LogP contribution is 2.20. The van der Waals surface area contributed by atoms with Crippen molar-refractivity contribution in [2.24, 2.45) is 0 Å². The van der Waals surface area contributed by atoms with Crippen molar-refractivity contribution in [1.29, 1.82) is 0 Å². The summed E-state index contributed by atoms with van der Waals surface area (Å²) in [6.45, 7) is 1.49. The van der Waals surface area contributed by atoms with E-state index in [1.165, 1.54) is 6.07 Å². The molecule has 0 atom stereocenters. The molecule has 0 spiro atoms. The van der Waals surface area contributed by atoms with Gasteiger partial charge in [0.05, 0.1) is 0 Å². The van der Waals surface area contributed by atoms with Crippen LogP contribution in [0, 0.1) is 6.92 Å². The van der Waals surface area contributed by atoms with Crippen LogP contribution < -0.4 is 5.32 Å². The average molecular weight is 417 g/mol. The van der Waals surface area contributed by atoms with Crippen LogP contribution in [0.1, 0.15) is 16.1 Å². The fourth-order valence-electron chi connectivity index (χ4n) is 1.58. The maximum atomic E-state index is 11.8. The Kier molecular flexibility index (Phi) is 5.19. The van der Waals surface area contributed by atoms with Gasteiger partial charge in [0.25, 0.3) is 5.91 Å². The van der Waals surface area contributed by atoms with Crippen molar-refractivity contribution in [2.45, 2.75) is 6.92 Å². The lowest BCUT2D eigenvalue weighted by Crippen LogP contribution is -2.21. The van der Waals surface area contributed by atoms with Crippen molar-refractivity contribution in [3.05, 3.63) is 50.8 Å². The molecular weight excluding hydrogens is 406 g/mol. The molecule has 5 nitrogen and oxygen atoms in total. The molecule has 1 amide bonds. The molecule has 0 saturated carbocycles. The van der Waals surface area contributed by atoms with E-state index in [2.05, 4.69) is 37.2 Å². The highest BCUT2D eigenvalue weighted by atomic mass is 79.9. The van der Waals surface area contributed by atoms with E-state index in [1.807, 2.05) is 19.1 Å². The smallest absolute Gasteiger partial charge is 0.374 e. The second kappa shape index (κ2) is 6.91. The first-order valence-electron chi connectivity index (χ1n) is 5.94. The lowest BCUT2D eigenvalue weighted by Gasteiger charge is -2.08. The minimum atomic E-state index is -0.691. The number of carbonyl (C=O) groups excluding carboxylic acids is 2. The van der Waals surface area contributed by atoms with Gasteiger partial charge >= 0.3 is 5.97 Å². The number of rotatable bonds is 4. The number of ether oxygens (including phenoxy) is 1. The minimum absolute atomic E-state index is 0.0366. The number of furan rings is 1. The number of halogens is 2. The van der Waals surface area contributed by atoms with Gasteiger partial charge in [0.15, 0.2) is 11.3 Å². The first kappa shape index (κ1) is 15.8. The molecule has 0 aliphatic heterocycles. The Balaban J connectivity index is 1.89. The maximum Gasteiger partial charge on any atom is 0.374 e. The van der Waals surface area contributed by atoms with Crippen molar-refractivity contribution < 1.29 is 18.7 Å². The van der Waals surface area contributed by atoms with E-state index in [4.69, 9.17) is 9.15 Å². The number of hydrogen-bond acceptors (Lipinski definition) is 4. The Morgan fingerprint density at radius 2 is 2.00 bits per heavy atom. The van der Waals surface area contributed by atoms with E-state index in [-0.39, 0.29) is 12.4 Å². The summed E-state index contributed by atoms with van der Waals surface area (Å²) < 4.78 is 11.2. The predicted octanol–water partition coefficient (Wildman–Crippen LogP) is 3.91. The molecule has 0 saturated heterocycles. The SMILES string of the molecule is Cc1cc(Br)ccc1NC(=O)COC(=O)c1ccc(Br)o1. The van der Waals surface area contributed by atoms with Crippen LogP contribution in [-0.4, -0.2) is 18.5 Å². The normalized spacial score (nSPS) is 10.2. The van der Waals surface area contributed by atoms with Gasteiger partial charge < -0.3 is 14.5 Å². The van der Waals surface area contributed by atoms with Crippen LogP contribution in [0.5, 0.6) is 0 Å². The molecule has 21 heavy (non-hydrogen) atoms. The Bertz CT molecular complexity index is 681. The zero-order chi connectivity index (χ0) is 15.4. The van der Waals surface area contributed by atoms with Gasteiger partial charge in [-0.15, -0.1) is 0 Å². The standard InChI is InChI=1S/C14H11Br2NO4/c1-8-6-9(15)2-3-10(8)17-13(18)7-20-14(19)11-4-5-12(16)21-11/h2-6H,7H2,1H3,(H,17,18). The Hall–Kier alpha value is -1.60. The summed E-state index contributed by atoms with van der Waals surface area (Å²) in [4.78, 5) is 23.4. The number of esters is 1. The summed E-state index contributed by atoms with van der Waals surface area (Å²) in [6, 6.07) is 8.49. The van der Waals surface area contributed by atoms with Gasteiger partial charge in [-0.3, -0.25) is 4.79 Å². The van der Waals surface area contributed by atoms with Gasteiger partial charge in [-0.2, -0.15) is 0 Å². The quantitative estimate of drug-likeness (QED) is 0.767. The Labute approximate surface area is 137 Å². The van der Waals surface area contributed by atoms with Gasteiger partial charge in [0.1, 0.15) is 0 Å². The van der Waals surface area contributed by atoms with E-state index in [1.54, 1.807) is 12.1 Å².